The molecule has 5 N–H and O–H groups in total. The van der Waals surface area contributed by atoms with E-state index < -0.39 is 0 Å². The number of anilines is 1. The molecule has 1 aliphatic carbocycles. The van der Waals surface area contributed by atoms with E-state index in [-0.39, 0.29) is 11.9 Å². The highest BCUT2D eigenvalue weighted by Gasteiger charge is 2.23. The Morgan fingerprint density at radius 1 is 1.38 bits per heavy atom. The molecular weight excluding hydrogens is 204 g/mol. The molecule has 0 aromatic heterocycles. The molecule has 0 aliphatic heterocycles. The minimum atomic E-state index is -0.240. The van der Waals surface area contributed by atoms with Crippen molar-refractivity contribution in [2.75, 3.05) is 5.32 Å². The van der Waals surface area contributed by atoms with Crippen LogP contribution in [0.2, 0.25) is 0 Å². The van der Waals surface area contributed by atoms with E-state index in [1.165, 1.54) is 0 Å². The van der Waals surface area contributed by atoms with Crippen LogP contribution in [0.5, 0.6) is 0 Å². The van der Waals surface area contributed by atoms with E-state index in [0.717, 1.165) is 12.8 Å². The highest BCUT2D eigenvalue weighted by molar-refractivity contribution is 6.03. The second-order valence-electron chi connectivity index (χ2n) is 3.83. The lowest BCUT2D eigenvalue weighted by Crippen LogP contribution is -2.31. The lowest BCUT2D eigenvalue weighted by atomic mass is 10.1. The Labute approximate surface area is 93.5 Å². The number of urea groups is 1. The zero-order valence-electron chi connectivity index (χ0n) is 8.79. The van der Waals surface area contributed by atoms with Gasteiger partial charge in [-0.05, 0) is 25.0 Å². The molecule has 0 heterocycles. The van der Waals surface area contributed by atoms with Gasteiger partial charge in [-0.1, -0.05) is 12.1 Å². The van der Waals surface area contributed by atoms with Gasteiger partial charge in [0.1, 0.15) is 5.84 Å². The minimum absolute atomic E-state index is 0.0534. The molecule has 1 aromatic carbocycles. The van der Waals surface area contributed by atoms with Gasteiger partial charge in [-0.15, -0.1) is 0 Å². The van der Waals surface area contributed by atoms with E-state index in [1.807, 2.05) is 0 Å². The molecule has 0 saturated heterocycles. The predicted octanol–water partition coefficient (Wildman–Crippen LogP) is 1.25. The molecule has 1 aliphatic rings. The third kappa shape index (κ3) is 2.50. The smallest absolute Gasteiger partial charge is 0.319 e. The summed E-state index contributed by atoms with van der Waals surface area (Å²) in [7, 11) is 0. The van der Waals surface area contributed by atoms with Crippen LogP contribution in [0.25, 0.3) is 0 Å². The summed E-state index contributed by atoms with van der Waals surface area (Å²) in [5.74, 6) is -0.0534. The molecule has 2 amide bonds. The predicted molar refractivity (Wildman–Crippen MR) is 62.6 cm³/mol. The summed E-state index contributed by atoms with van der Waals surface area (Å²) in [5.41, 5.74) is 6.51. The Morgan fingerprint density at radius 3 is 2.69 bits per heavy atom. The van der Waals surface area contributed by atoms with Crippen molar-refractivity contribution in [1.29, 1.82) is 5.41 Å². The normalized spacial score (nSPS) is 14.2. The molecule has 84 valence electrons. The molecule has 0 atom stereocenters. The van der Waals surface area contributed by atoms with Crippen molar-refractivity contribution in [3.8, 4) is 0 Å². The van der Waals surface area contributed by atoms with Crippen LogP contribution in [0.4, 0.5) is 10.5 Å². The number of hydrogen-bond acceptors (Lipinski definition) is 2. The number of benzene rings is 1. The van der Waals surface area contributed by atoms with Crippen LogP contribution in [0.15, 0.2) is 24.3 Å². The highest BCUT2D eigenvalue weighted by Crippen LogP contribution is 2.19. The first-order chi connectivity index (χ1) is 7.66. The molecule has 0 spiro atoms. The maximum absolute atomic E-state index is 11.5. The Morgan fingerprint density at radius 2 is 2.06 bits per heavy atom. The number of nitrogens with two attached hydrogens (primary N) is 1. The SMILES string of the molecule is N=C(N)c1ccccc1NC(=O)NC1CC1. The van der Waals surface area contributed by atoms with Crippen molar-refractivity contribution in [3.05, 3.63) is 29.8 Å². The molecule has 0 unspecified atom stereocenters. The fourth-order valence-corrected chi connectivity index (χ4v) is 1.40. The topological polar surface area (TPSA) is 91.0 Å². The summed E-state index contributed by atoms with van der Waals surface area (Å²) in [6, 6.07) is 7.07. The lowest BCUT2D eigenvalue weighted by molar-refractivity contribution is 0.251. The maximum Gasteiger partial charge on any atom is 0.319 e. The number of para-hydroxylation sites is 1. The summed E-state index contributed by atoms with van der Waals surface area (Å²) >= 11 is 0. The van der Waals surface area contributed by atoms with Crippen molar-refractivity contribution < 1.29 is 4.79 Å². The molecule has 1 fully saturated rings. The van der Waals surface area contributed by atoms with Gasteiger partial charge in [0.15, 0.2) is 0 Å². The maximum atomic E-state index is 11.5. The number of nitrogens with one attached hydrogen (secondary N) is 3. The Bertz CT molecular complexity index is 426. The molecule has 2 rings (SSSR count). The summed E-state index contributed by atoms with van der Waals surface area (Å²) < 4.78 is 0. The quantitative estimate of drug-likeness (QED) is 0.454. The van der Waals surface area contributed by atoms with Crippen LogP contribution >= 0.6 is 0 Å². The molecule has 5 nitrogen and oxygen atoms in total. The van der Waals surface area contributed by atoms with E-state index in [9.17, 15) is 4.79 Å². The minimum Gasteiger partial charge on any atom is -0.384 e. The van der Waals surface area contributed by atoms with Gasteiger partial charge in [0.25, 0.3) is 0 Å². The Hall–Kier alpha value is -2.04. The van der Waals surface area contributed by atoms with Gasteiger partial charge < -0.3 is 16.4 Å². The van der Waals surface area contributed by atoms with Gasteiger partial charge in [0.2, 0.25) is 0 Å². The first-order valence-corrected chi connectivity index (χ1v) is 5.18. The van der Waals surface area contributed by atoms with E-state index in [4.69, 9.17) is 11.1 Å². The van der Waals surface area contributed by atoms with E-state index in [0.29, 0.717) is 17.3 Å². The Balaban J connectivity index is 2.07. The molecule has 0 bridgehead atoms. The van der Waals surface area contributed by atoms with Crippen LogP contribution in [0.1, 0.15) is 18.4 Å². The molecule has 1 saturated carbocycles. The van der Waals surface area contributed by atoms with Crippen LogP contribution < -0.4 is 16.4 Å². The van der Waals surface area contributed by atoms with E-state index in [2.05, 4.69) is 10.6 Å². The largest absolute Gasteiger partial charge is 0.384 e. The number of nitrogen functional groups attached to an aromatic ring is 1. The third-order valence-electron chi connectivity index (χ3n) is 2.38. The van der Waals surface area contributed by atoms with Gasteiger partial charge in [-0.3, -0.25) is 5.41 Å². The lowest BCUT2D eigenvalue weighted by Gasteiger charge is -2.10. The highest BCUT2D eigenvalue weighted by atomic mass is 16.2. The van der Waals surface area contributed by atoms with Gasteiger partial charge in [0.05, 0.1) is 5.69 Å². The fourth-order valence-electron chi connectivity index (χ4n) is 1.40. The molecule has 5 heteroatoms. The average molecular weight is 218 g/mol. The van der Waals surface area contributed by atoms with Gasteiger partial charge in [0, 0.05) is 11.6 Å². The van der Waals surface area contributed by atoms with Crippen LogP contribution in [-0.4, -0.2) is 17.9 Å². The van der Waals surface area contributed by atoms with E-state index >= 15 is 0 Å². The molecule has 16 heavy (non-hydrogen) atoms. The van der Waals surface area contributed by atoms with E-state index in [1.54, 1.807) is 24.3 Å². The van der Waals surface area contributed by atoms with Crippen molar-refractivity contribution in [1.82, 2.24) is 5.32 Å². The van der Waals surface area contributed by atoms with Gasteiger partial charge in [-0.25, -0.2) is 4.79 Å². The number of amidine groups is 1. The first kappa shape index (κ1) is 10.5. The van der Waals surface area contributed by atoms with Crippen molar-refractivity contribution >= 4 is 17.6 Å². The van der Waals surface area contributed by atoms with Crippen LogP contribution in [-0.2, 0) is 0 Å². The summed E-state index contributed by atoms with van der Waals surface area (Å²) in [4.78, 5) is 11.5. The standard InChI is InChI=1S/C11H14N4O/c12-10(13)8-3-1-2-4-9(8)15-11(16)14-7-5-6-7/h1-4,7H,5-6H2,(H3,12,13)(H2,14,15,16). The first-order valence-electron chi connectivity index (χ1n) is 5.18. The number of carbonyl (C=O) groups excluding carboxylic acids is 1. The van der Waals surface area contributed by atoms with Crippen LogP contribution in [0.3, 0.4) is 0 Å². The zero-order chi connectivity index (χ0) is 11.5. The average Bonchev–Trinajstić information content (AvgIpc) is 3.02. The van der Waals surface area contributed by atoms with Crippen LogP contribution in [0, 0.1) is 5.41 Å². The molecular formula is C11H14N4O. The van der Waals surface area contributed by atoms with Crippen molar-refractivity contribution in [2.45, 2.75) is 18.9 Å². The zero-order valence-corrected chi connectivity index (χ0v) is 8.79. The molecule has 0 radical (unpaired) electrons. The summed E-state index contributed by atoms with van der Waals surface area (Å²) in [5, 5.41) is 12.9. The van der Waals surface area contributed by atoms with Gasteiger partial charge in [-0.2, -0.15) is 0 Å². The second-order valence-corrected chi connectivity index (χ2v) is 3.83. The third-order valence-corrected chi connectivity index (χ3v) is 2.38. The van der Waals surface area contributed by atoms with Gasteiger partial charge >= 0.3 is 6.03 Å². The number of rotatable bonds is 3. The molecule has 1 aromatic rings. The summed E-state index contributed by atoms with van der Waals surface area (Å²) in [6.45, 7) is 0. The van der Waals surface area contributed by atoms with Crippen molar-refractivity contribution in [3.63, 3.8) is 0 Å². The van der Waals surface area contributed by atoms with Crippen molar-refractivity contribution in [2.24, 2.45) is 5.73 Å². The Kier molecular flexibility index (Phi) is 2.76. The number of hydrogen-bond donors (Lipinski definition) is 4. The fraction of sp³-hybridized carbons (Fsp3) is 0.273. The number of amides is 2. The number of carbonyl (C=O) groups is 1. The second kappa shape index (κ2) is 4.22. The monoisotopic (exact) mass is 218 g/mol. The summed E-state index contributed by atoms with van der Waals surface area (Å²) in [6.07, 6.45) is 2.09.